The van der Waals surface area contributed by atoms with Crippen molar-refractivity contribution in [3.05, 3.63) is 71.2 Å². The van der Waals surface area contributed by atoms with Crippen LogP contribution in [-0.2, 0) is 0 Å². The van der Waals surface area contributed by atoms with Crippen LogP contribution in [0.5, 0.6) is 0 Å². The Morgan fingerprint density at radius 3 is 1.60 bits per heavy atom. The summed E-state index contributed by atoms with van der Waals surface area (Å²) < 4.78 is 12.0. The predicted octanol–water partition coefficient (Wildman–Crippen LogP) is 4.05. The Morgan fingerprint density at radius 1 is 0.667 bits per heavy atom. The van der Waals surface area contributed by atoms with Gasteiger partial charge in [-0.1, -0.05) is 24.3 Å². The number of furan rings is 2. The molecular formula is C24H20N4O2. The van der Waals surface area contributed by atoms with Gasteiger partial charge in [-0.25, -0.2) is 0 Å². The van der Waals surface area contributed by atoms with Crippen molar-refractivity contribution in [3.8, 4) is 0 Å². The molecule has 0 fully saturated rings. The molecule has 4 heterocycles. The van der Waals surface area contributed by atoms with Crippen molar-refractivity contribution >= 4 is 45.8 Å². The summed E-state index contributed by atoms with van der Waals surface area (Å²) in [7, 11) is 0. The number of aliphatic imine (C=N–C) groups is 2. The number of benzene rings is 2. The smallest absolute Gasteiger partial charge is 0.135 e. The molecule has 2 N–H and O–H groups in total. The van der Waals surface area contributed by atoms with Gasteiger partial charge in [-0.2, -0.15) is 0 Å². The molecule has 0 bridgehead atoms. The number of nitrogens with one attached hydrogen (secondary N) is 2. The lowest BCUT2D eigenvalue weighted by molar-refractivity contribution is 0.599. The zero-order chi connectivity index (χ0) is 19.9. The van der Waals surface area contributed by atoms with Crippen LogP contribution in [0.3, 0.4) is 0 Å². The van der Waals surface area contributed by atoms with Crippen LogP contribution >= 0.6 is 0 Å². The summed E-state index contributed by atoms with van der Waals surface area (Å²) in [4.78, 5) is 8.95. The molecule has 0 aliphatic carbocycles. The number of nitrogens with zero attached hydrogens (tertiary/aromatic N) is 2. The van der Waals surface area contributed by atoms with E-state index in [0.29, 0.717) is 0 Å². The van der Waals surface area contributed by atoms with E-state index in [2.05, 4.69) is 44.9 Å². The maximum absolute atomic E-state index is 6.02. The first-order valence-corrected chi connectivity index (χ1v) is 10.1. The van der Waals surface area contributed by atoms with Gasteiger partial charge in [0.15, 0.2) is 0 Å². The number of hydrogen-bond donors (Lipinski definition) is 2. The molecule has 0 saturated carbocycles. The van der Waals surface area contributed by atoms with Gasteiger partial charge in [0.05, 0.1) is 13.1 Å². The molecule has 30 heavy (non-hydrogen) atoms. The highest BCUT2D eigenvalue weighted by molar-refractivity contribution is 6.03. The largest absolute Gasteiger partial charge is 0.457 e. The van der Waals surface area contributed by atoms with Gasteiger partial charge in [0.25, 0.3) is 0 Å². The fourth-order valence-electron chi connectivity index (χ4n) is 3.91. The highest BCUT2D eigenvalue weighted by Gasteiger charge is 2.12. The second kappa shape index (κ2) is 6.91. The van der Waals surface area contributed by atoms with Crippen LogP contribution in [0.15, 0.2) is 67.4 Å². The third-order valence-corrected chi connectivity index (χ3v) is 5.39. The SMILES string of the molecule is C(=C\c1cc2ccc(C3=NCCN3)cc2o1)/c1cc2ccc(C3=NCCN3)cc2o1. The lowest BCUT2D eigenvalue weighted by Gasteiger charge is -2.01. The molecule has 6 nitrogen and oxygen atoms in total. The fraction of sp³-hybridized carbons (Fsp3) is 0.167. The van der Waals surface area contributed by atoms with E-state index in [4.69, 9.17) is 8.83 Å². The maximum Gasteiger partial charge on any atom is 0.135 e. The summed E-state index contributed by atoms with van der Waals surface area (Å²) in [5, 5.41) is 8.72. The van der Waals surface area contributed by atoms with Crippen molar-refractivity contribution in [2.24, 2.45) is 9.98 Å². The summed E-state index contributed by atoms with van der Waals surface area (Å²) in [6, 6.07) is 16.4. The zero-order valence-corrected chi connectivity index (χ0v) is 16.3. The molecule has 0 atom stereocenters. The first-order valence-electron chi connectivity index (χ1n) is 10.1. The van der Waals surface area contributed by atoms with Gasteiger partial charge in [0, 0.05) is 35.0 Å². The van der Waals surface area contributed by atoms with Crippen LogP contribution < -0.4 is 10.6 Å². The Morgan fingerprint density at radius 2 is 1.17 bits per heavy atom. The van der Waals surface area contributed by atoms with Crippen LogP contribution in [0.4, 0.5) is 0 Å². The molecule has 0 amide bonds. The van der Waals surface area contributed by atoms with E-state index in [1.165, 1.54) is 0 Å². The third-order valence-electron chi connectivity index (χ3n) is 5.39. The second-order valence-electron chi connectivity index (χ2n) is 7.45. The molecule has 0 unspecified atom stereocenters. The van der Waals surface area contributed by atoms with E-state index in [1.54, 1.807) is 0 Å². The van der Waals surface area contributed by atoms with E-state index < -0.39 is 0 Å². The molecule has 2 aromatic carbocycles. The first-order chi connectivity index (χ1) is 14.8. The van der Waals surface area contributed by atoms with Crippen molar-refractivity contribution in [2.75, 3.05) is 26.2 Å². The fourth-order valence-corrected chi connectivity index (χ4v) is 3.91. The van der Waals surface area contributed by atoms with E-state index in [-0.39, 0.29) is 0 Å². The first kappa shape index (κ1) is 17.1. The van der Waals surface area contributed by atoms with Crippen molar-refractivity contribution < 1.29 is 8.83 Å². The topological polar surface area (TPSA) is 75.1 Å². The van der Waals surface area contributed by atoms with Gasteiger partial charge >= 0.3 is 0 Å². The maximum atomic E-state index is 6.02. The van der Waals surface area contributed by atoms with Crippen molar-refractivity contribution in [3.63, 3.8) is 0 Å². The van der Waals surface area contributed by atoms with Crippen molar-refractivity contribution in [2.45, 2.75) is 0 Å². The lowest BCUT2D eigenvalue weighted by atomic mass is 10.1. The molecule has 148 valence electrons. The molecule has 0 spiro atoms. The summed E-state index contributed by atoms with van der Waals surface area (Å²) in [5.74, 6) is 3.44. The van der Waals surface area contributed by atoms with Gasteiger partial charge in [0.2, 0.25) is 0 Å². The Labute approximate surface area is 173 Å². The zero-order valence-electron chi connectivity index (χ0n) is 16.3. The number of rotatable bonds is 4. The molecule has 6 heteroatoms. The molecule has 2 aliphatic rings. The standard InChI is InChI=1S/C24H20N4O2/c1-3-17(23-25-7-8-26-23)13-21-15(1)11-19(29-21)5-6-20-12-16-2-4-18(14-22(16)30-20)24-27-9-10-28-24/h1-6,11-14H,7-10H2,(H,25,26)(H,27,28)/b6-5+. The molecule has 4 aromatic rings. The van der Waals surface area contributed by atoms with Crippen LogP contribution in [0, 0.1) is 0 Å². The quantitative estimate of drug-likeness (QED) is 0.546. The molecule has 0 saturated heterocycles. The summed E-state index contributed by atoms with van der Waals surface area (Å²) >= 11 is 0. The highest BCUT2D eigenvalue weighted by atomic mass is 16.3. The average Bonchev–Trinajstić information content (AvgIpc) is 3.56. The Hall–Kier alpha value is -3.80. The Kier molecular flexibility index (Phi) is 3.94. The van der Waals surface area contributed by atoms with Gasteiger partial charge in [0.1, 0.15) is 34.4 Å². The Bertz CT molecular complexity index is 1250. The van der Waals surface area contributed by atoms with E-state index in [9.17, 15) is 0 Å². The van der Waals surface area contributed by atoms with Crippen LogP contribution in [0.25, 0.3) is 34.1 Å². The highest BCUT2D eigenvalue weighted by Crippen LogP contribution is 2.25. The summed E-state index contributed by atoms with van der Waals surface area (Å²) in [6.07, 6.45) is 3.87. The van der Waals surface area contributed by atoms with Gasteiger partial charge in [-0.15, -0.1) is 0 Å². The predicted molar refractivity (Wildman–Crippen MR) is 120 cm³/mol. The molecule has 0 radical (unpaired) electrons. The summed E-state index contributed by atoms with van der Waals surface area (Å²) in [6.45, 7) is 3.43. The van der Waals surface area contributed by atoms with Gasteiger partial charge in [-0.3, -0.25) is 9.98 Å². The molecular weight excluding hydrogens is 376 g/mol. The number of amidine groups is 2. The normalized spacial score (nSPS) is 16.3. The van der Waals surface area contributed by atoms with E-state index >= 15 is 0 Å². The Balaban J connectivity index is 1.27. The third kappa shape index (κ3) is 3.06. The van der Waals surface area contributed by atoms with E-state index in [1.807, 2.05) is 36.4 Å². The second-order valence-corrected chi connectivity index (χ2v) is 7.45. The van der Waals surface area contributed by atoms with E-state index in [0.717, 1.165) is 82.4 Å². The average molecular weight is 396 g/mol. The van der Waals surface area contributed by atoms with Crippen molar-refractivity contribution in [1.82, 2.24) is 10.6 Å². The monoisotopic (exact) mass is 396 g/mol. The lowest BCUT2D eigenvalue weighted by Crippen LogP contribution is -2.19. The van der Waals surface area contributed by atoms with Crippen LogP contribution in [0.1, 0.15) is 22.6 Å². The number of fused-ring (bicyclic) bond motifs is 2. The minimum Gasteiger partial charge on any atom is -0.457 e. The molecule has 6 rings (SSSR count). The van der Waals surface area contributed by atoms with Crippen LogP contribution in [-0.4, -0.2) is 37.9 Å². The van der Waals surface area contributed by atoms with Crippen molar-refractivity contribution in [1.29, 1.82) is 0 Å². The molecule has 2 aliphatic heterocycles. The van der Waals surface area contributed by atoms with Gasteiger partial charge < -0.3 is 19.5 Å². The summed E-state index contributed by atoms with van der Waals surface area (Å²) in [5.41, 5.74) is 3.81. The van der Waals surface area contributed by atoms with Crippen LogP contribution in [0.2, 0.25) is 0 Å². The number of hydrogen-bond acceptors (Lipinski definition) is 6. The minimum atomic E-state index is 0.786. The minimum absolute atomic E-state index is 0.786. The van der Waals surface area contributed by atoms with Gasteiger partial charge in [-0.05, 0) is 36.4 Å². The molecule has 2 aromatic heterocycles.